The number of carbonyl (C=O) groups is 2. The summed E-state index contributed by atoms with van der Waals surface area (Å²) in [5.41, 5.74) is 1.05. The Labute approximate surface area is 155 Å². The number of methoxy groups -OCH3 is 1. The highest BCUT2D eigenvalue weighted by Gasteiger charge is 2.38. The van der Waals surface area contributed by atoms with Gasteiger partial charge in [0.05, 0.1) is 13.0 Å². The quantitative estimate of drug-likeness (QED) is 0.804. The Morgan fingerprint density at radius 2 is 2.12 bits per heavy atom. The van der Waals surface area contributed by atoms with E-state index in [1.807, 2.05) is 29.2 Å². The van der Waals surface area contributed by atoms with E-state index in [-0.39, 0.29) is 23.8 Å². The third kappa shape index (κ3) is 4.18. The van der Waals surface area contributed by atoms with E-state index in [4.69, 9.17) is 4.74 Å². The van der Waals surface area contributed by atoms with Crippen LogP contribution < -0.4 is 10.1 Å². The Kier molecular flexibility index (Phi) is 6.14. The third-order valence-electron chi connectivity index (χ3n) is 5.32. The number of benzene rings is 1. The molecule has 2 heterocycles. The fraction of sp³-hybridized carbons (Fsp3) is 0.600. The molecule has 6 heteroatoms. The smallest absolute Gasteiger partial charge is 0.228 e. The molecule has 2 amide bonds. The maximum Gasteiger partial charge on any atom is 0.228 e. The molecule has 3 rings (SSSR count). The number of ether oxygens (including phenoxy) is 1. The van der Waals surface area contributed by atoms with Crippen LogP contribution in [0.15, 0.2) is 24.3 Å². The van der Waals surface area contributed by atoms with Crippen LogP contribution in [0.4, 0.5) is 0 Å². The largest absolute Gasteiger partial charge is 0.497 e. The highest BCUT2D eigenvalue weighted by atomic mass is 16.5. The molecule has 0 spiro atoms. The van der Waals surface area contributed by atoms with Gasteiger partial charge in [0.1, 0.15) is 5.75 Å². The van der Waals surface area contributed by atoms with Gasteiger partial charge in [0.2, 0.25) is 11.8 Å². The van der Waals surface area contributed by atoms with E-state index in [9.17, 15) is 9.59 Å². The molecule has 1 N–H and O–H groups in total. The van der Waals surface area contributed by atoms with Gasteiger partial charge in [-0.05, 0) is 37.1 Å². The number of amides is 2. The Bertz CT molecular complexity index is 626. The first kappa shape index (κ1) is 18.7. The van der Waals surface area contributed by atoms with Crippen molar-refractivity contribution in [2.75, 3.05) is 33.3 Å². The summed E-state index contributed by atoms with van der Waals surface area (Å²) in [6, 6.07) is 8.00. The first-order chi connectivity index (χ1) is 12.6. The van der Waals surface area contributed by atoms with Gasteiger partial charge in [0, 0.05) is 38.6 Å². The second-order valence-electron chi connectivity index (χ2n) is 7.20. The fourth-order valence-electron chi connectivity index (χ4n) is 3.90. The van der Waals surface area contributed by atoms with Gasteiger partial charge in [-0.3, -0.25) is 9.59 Å². The van der Waals surface area contributed by atoms with Crippen LogP contribution >= 0.6 is 0 Å². The number of hydrogen-bond acceptors (Lipinski definition) is 4. The van der Waals surface area contributed by atoms with Gasteiger partial charge in [0.15, 0.2) is 0 Å². The van der Waals surface area contributed by atoms with E-state index in [1.165, 1.54) is 0 Å². The molecular weight excluding hydrogens is 330 g/mol. The van der Waals surface area contributed by atoms with Crippen LogP contribution in [0.25, 0.3) is 0 Å². The summed E-state index contributed by atoms with van der Waals surface area (Å²) in [6.07, 6.45) is 2.27. The maximum absolute atomic E-state index is 13.1. The predicted molar refractivity (Wildman–Crippen MR) is 99.8 cm³/mol. The molecule has 1 aromatic carbocycles. The lowest BCUT2D eigenvalue weighted by molar-refractivity contribution is -0.137. The summed E-state index contributed by atoms with van der Waals surface area (Å²) in [6.45, 7) is 5.76. The Morgan fingerprint density at radius 1 is 1.35 bits per heavy atom. The standard InChI is InChI=1S/C20H29N3O3/c1-3-10-23(17-8-9-21-12-17)20(25)16-11-19(24)22(14-16)13-15-4-6-18(26-2)7-5-15/h4-7,16-17,21H,3,8-14H2,1-2H3. The van der Waals surface area contributed by atoms with Gasteiger partial charge >= 0.3 is 0 Å². The zero-order valence-electron chi connectivity index (χ0n) is 15.7. The zero-order chi connectivity index (χ0) is 18.5. The van der Waals surface area contributed by atoms with Crippen LogP contribution in [0, 0.1) is 5.92 Å². The molecule has 2 aliphatic rings. The lowest BCUT2D eigenvalue weighted by Crippen LogP contribution is -2.45. The number of carbonyl (C=O) groups excluding carboxylic acids is 2. The van der Waals surface area contributed by atoms with Crippen LogP contribution in [0.5, 0.6) is 5.75 Å². The van der Waals surface area contributed by atoms with Crippen molar-refractivity contribution >= 4 is 11.8 Å². The third-order valence-corrected chi connectivity index (χ3v) is 5.32. The summed E-state index contributed by atoms with van der Waals surface area (Å²) >= 11 is 0. The lowest BCUT2D eigenvalue weighted by atomic mass is 10.0. The summed E-state index contributed by atoms with van der Waals surface area (Å²) in [5, 5.41) is 3.33. The van der Waals surface area contributed by atoms with E-state index in [0.29, 0.717) is 19.5 Å². The first-order valence-electron chi connectivity index (χ1n) is 9.54. The topological polar surface area (TPSA) is 61.9 Å². The zero-order valence-corrected chi connectivity index (χ0v) is 15.7. The van der Waals surface area contributed by atoms with Gasteiger partial charge in [-0.25, -0.2) is 0 Å². The molecule has 142 valence electrons. The number of rotatable bonds is 7. The molecule has 26 heavy (non-hydrogen) atoms. The summed E-state index contributed by atoms with van der Waals surface area (Å²) < 4.78 is 5.17. The van der Waals surface area contributed by atoms with E-state index in [1.54, 1.807) is 12.0 Å². The molecule has 0 saturated carbocycles. The Hall–Kier alpha value is -2.08. The first-order valence-corrected chi connectivity index (χ1v) is 9.54. The molecule has 2 unspecified atom stereocenters. The summed E-state index contributed by atoms with van der Waals surface area (Å²) in [7, 11) is 1.64. The minimum absolute atomic E-state index is 0.0696. The molecule has 0 aromatic heterocycles. The minimum atomic E-state index is -0.215. The average molecular weight is 359 g/mol. The highest BCUT2D eigenvalue weighted by Crippen LogP contribution is 2.25. The van der Waals surface area contributed by atoms with E-state index in [2.05, 4.69) is 12.2 Å². The van der Waals surface area contributed by atoms with Crippen molar-refractivity contribution in [1.82, 2.24) is 15.1 Å². The number of hydrogen-bond donors (Lipinski definition) is 1. The lowest BCUT2D eigenvalue weighted by Gasteiger charge is -2.30. The summed E-state index contributed by atoms with van der Waals surface area (Å²) in [5.74, 6) is 0.800. The predicted octanol–water partition coefficient (Wildman–Crippen LogP) is 1.64. The van der Waals surface area contributed by atoms with Crippen molar-refractivity contribution in [2.45, 2.75) is 38.8 Å². The molecule has 6 nitrogen and oxygen atoms in total. The molecule has 0 bridgehead atoms. The Morgan fingerprint density at radius 3 is 2.73 bits per heavy atom. The van der Waals surface area contributed by atoms with Crippen LogP contribution in [0.1, 0.15) is 31.7 Å². The van der Waals surface area contributed by atoms with Crippen molar-refractivity contribution < 1.29 is 14.3 Å². The van der Waals surface area contributed by atoms with Crippen molar-refractivity contribution in [3.8, 4) is 5.75 Å². The molecule has 2 atom stereocenters. The molecule has 1 aromatic rings. The number of nitrogens with zero attached hydrogens (tertiary/aromatic N) is 2. The van der Waals surface area contributed by atoms with Crippen molar-refractivity contribution in [2.24, 2.45) is 5.92 Å². The van der Waals surface area contributed by atoms with Crippen molar-refractivity contribution in [1.29, 1.82) is 0 Å². The molecule has 2 saturated heterocycles. The second kappa shape index (κ2) is 8.54. The second-order valence-corrected chi connectivity index (χ2v) is 7.20. The van der Waals surface area contributed by atoms with Gasteiger partial charge < -0.3 is 19.9 Å². The summed E-state index contributed by atoms with van der Waals surface area (Å²) in [4.78, 5) is 29.3. The molecule has 0 radical (unpaired) electrons. The highest BCUT2D eigenvalue weighted by molar-refractivity contribution is 5.89. The van der Waals surface area contributed by atoms with Crippen LogP contribution in [-0.4, -0.2) is 60.9 Å². The van der Waals surface area contributed by atoms with Gasteiger partial charge in [-0.2, -0.15) is 0 Å². The van der Waals surface area contributed by atoms with Crippen LogP contribution in [0.2, 0.25) is 0 Å². The van der Waals surface area contributed by atoms with E-state index < -0.39 is 0 Å². The van der Waals surface area contributed by atoms with E-state index in [0.717, 1.165) is 43.8 Å². The van der Waals surface area contributed by atoms with Gasteiger partial charge in [-0.15, -0.1) is 0 Å². The number of likely N-dealkylation sites (tertiary alicyclic amines) is 1. The van der Waals surface area contributed by atoms with Crippen molar-refractivity contribution in [3.63, 3.8) is 0 Å². The molecule has 2 fully saturated rings. The molecule has 0 aliphatic carbocycles. The van der Waals surface area contributed by atoms with Crippen molar-refractivity contribution in [3.05, 3.63) is 29.8 Å². The minimum Gasteiger partial charge on any atom is -0.497 e. The molecular formula is C20H29N3O3. The van der Waals surface area contributed by atoms with Crippen LogP contribution in [-0.2, 0) is 16.1 Å². The van der Waals surface area contributed by atoms with Gasteiger partial charge in [-0.1, -0.05) is 19.1 Å². The fourth-order valence-corrected chi connectivity index (χ4v) is 3.90. The normalized spacial score (nSPS) is 22.7. The van der Waals surface area contributed by atoms with E-state index >= 15 is 0 Å². The maximum atomic E-state index is 13.1. The number of nitrogens with one attached hydrogen (secondary N) is 1. The van der Waals surface area contributed by atoms with Crippen LogP contribution in [0.3, 0.4) is 0 Å². The molecule has 2 aliphatic heterocycles. The monoisotopic (exact) mass is 359 g/mol. The Balaban J connectivity index is 1.62. The SMILES string of the molecule is CCCN(C(=O)C1CC(=O)N(Cc2ccc(OC)cc2)C1)C1CCNC1. The average Bonchev–Trinajstić information content (AvgIpc) is 3.30. The van der Waals surface area contributed by atoms with Gasteiger partial charge in [0.25, 0.3) is 0 Å².